The van der Waals surface area contributed by atoms with Gasteiger partial charge in [-0.1, -0.05) is 44.0 Å². The van der Waals surface area contributed by atoms with Gasteiger partial charge in [-0.3, -0.25) is 4.90 Å². The van der Waals surface area contributed by atoms with E-state index in [1.807, 2.05) is 0 Å². The van der Waals surface area contributed by atoms with Crippen LogP contribution >= 0.6 is 0 Å². The molecule has 0 bridgehead atoms. The van der Waals surface area contributed by atoms with Gasteiger partial charge in [0, 0.05) is 6.54 Å². The summed E-state index contributed by atoms with van der Waals surface area (Å²) in [7, 11) is 0. The predicted molar refractivity (Wildman–Crippen MR) is 63.3 cm³/mol. The van der Waals surface area contributed by atoms with Crippen LogP contribution in [-0.2, 0) is 13.0 Å². The van der Waals surface area contributed by atoms with E-state index >= 15 is 0 Å². The molecular weight excluding hydrogens is 182 g/mol. The lowest BCUT2D eigenvalue weighted by Crippen LogP contribution is -2.27. The molecule has 0 atom stereocenters. The Kier molecular flexibility index (Phi) is 3.79. The van der Waals surface area contributed by atoms with Gasteiger partial charge in [-0.05, 0) is 30.5 Å². The predicted octanol–water partition coefficient (Wildman–Crippen LogP) is 3.27. The Morgan fingerprint density at radius 1 is 1.20 bits per heavy atom. The molecule has 1 aromatic carbocycles. The molecule has 2 radical (unpaired) electrons. The summed E-state index contributed by atoms with van der Waals surface area (Å²) in [6.45, 7) is 7.94. The van der Waals surface area contributed by atoms with Crippen molar-refractivity contribution in [2.75, 3.05) is 6.54 Å². The van der Waals surface area contributed by atoms with Gasteiger partial charge < -0.3 is 0 Å². The van der Waals surface area contributed by atoms with Crippen LogP contribution in [0.5, 0.6) is 0 Å². The Labute approximate surface area is 93.1 Å². The first kappa shape index (κ1) is 10.7. The standard InChI is InChI=1S/C14H19N/c1-2-3-6-10-15-11-9-13-7-4-5-8-14(13)12-15/h4-5,7-8H,2-3,6,9-10,12H2,1H3. The number of fused-ring (bicyclic) bond motifs is 1. The molecule has 0 saturated heterocycles. The van der Waals surface area contributed by atoms with Crippen LogP contribution in [0.2, 0.25) is 0 Å². The number of benzene rings is 1. The van der Waals surface area contributed by atoms with E-state index in [-0.39, 0.29) is 0 Å². The van der Waals surface area contributed by atoms with Crippen LogP contribution in [0.1, 0.15) is 37.3 Å². The second-order valence-corrected chi connectivity index (χ2v) is 4.23. The highest BCUT2D eigenvalue weighted by Gasteiger charge is 2.15. The Bertz CT molecular complexity index is 306. The van der Waals surface area contributed by atoms with E-state index in [4.69, 9.17) is 0 Å². The molecule has 0 aliphatic carbocycles. The molecule has 0 fully saturated rings. The van der Waals surface area contributed by atoms with E-state index < -0.39 is 0 Å². The summed E-state index contributed by atoms with van der Waals surface area (Å²) in [5.74, 6) is 0. The average molecular weight is 201 g/mol. The zero-order chi connectivity index (χ0) is 10.5. The molecule has 1 heterocycles. The molecule has 0 spiro atoms. The van der Waals surface area contributed by atoms with Crippen molar-refractivity contribution in [2.24, 2.45) is 0 Å². The van der Waals surface area contributed by atoms with Gasteiger partial charge >= 0.3 is 0 Å². The number of hydrogen-bond acceptors (Lipinski definition) is 1. The summed E-state index contributed by atoms with van der Waals surface area (Å²) >= 11 is 0. The Hall–Kier alpha value is -0.820. The van der Waals surface area contributed by atoms with Crippen molar-refractivity contribution in [3.8, 4) is 0 Å². The Morgan fingerprint density at radius 2 is 2.00 bits per heavy atom. The number of hydrogen-bond donors (Lipinski definition) is 0. The van der Waals surface area contributed by atoms with Crippen LogP contribution in [0.3, 0.4) is 0 Å². The van der Waals surface area contributed by atoms with Crippen LogP contribution in [-0.4, -0.2) is 11.4 Å². The zero-order valence-corrected chi connectivity index (χ0v) is 9.50. The van der Waals surface area contributed by atoms with Crippen molar-refractivity contribution in [3.05, 3.63) is 41.9 Å². The summed E-state index contributed by atoms with van der Waals surface area (Å²) in [6.07, 6.45) is 4.91. The van der Waals surface area contributed by atoms with Crippen molar-refractivity contribution < 1.29 is 0 Å². The maximum Gasteiger partial charge on any atom is 0.0666 e. The molecule has 1 heteroatoms. The molecule has 15 heavy (non-hydrogen) atoms. The molecule has 80 valence electrons. The molecule has 0 amide bonds. The fraction of sp³-hybridized carbons (Fsp3) is 0.500. The molecule has 1 nitrogen and oxygen atoms in total. The monoisotopic (exact) mass is 201 g/mol. The topological polar surface area (TPSA) is 3.24 Å². The summed E-state index contributed by atoms with van der Waals surface area (Å²) in [4.78, 5) is 2.35. The average Bonchev–Trinajstić information content (AvgIpc) is 2.29. The van der Waals surface area contributed by atoms with Crippen LogP contribution in [0.25, 0.3) is 0 Å². The Morgan fingerprint density at radius 3 is 2.80 bits per heavy atom. The zero-order valence-electron chi connectivity index (χ0n) is 9.50. The highest BCUT2D eigenvalue weighted by Crippen LogP contribution is 2.20. The quantitative estimate of drug-likeness (QED) is 0.676. The molecule has 1 aliphatic rings. The maximum atomic E-state index is 3.47. The SMILES string of the molecule is CCCCCN1[C]Cc2ccccc2C1. The van der Waals surface area contributed by atoms with Gasteiger partial charge in [-0.2, -0.15) is 0 Å². The van der Waals surface area contributed by atoms with Crippen LogP contribution in [0, 0.1) is 6.54 Å². The van der Waals surface area contributed by atoms with Crippen molar-refractivity contribution in [1.29, 1.82) is 0 Å². The fourth-order valence-corrected chi connectivity index (χ4v) is 2.05. The summed E-state index contributed by atoms with van der Waals surface area (Å²) in [5, 5.41) is 0. The number of unbranched alkanes of at least 4 members (excludes halogenated alkanes) is 2. The smallest absolute Gasteiger partial charge is 0.0666 e. The number of rotatable bonds is 4. The molecule has 1 aliphatic heterocycles. The minimum absolute atomic E-state index is 0.988. The maximum absolute atomic E-state index is 3.47. The van der Waals surface area contributed by atoms with Crippen molar-refractivity contribution in [1.82, 2.24) is 4.90 Å². The summed E-state index contributed by atoms with van der Waals surface area (Å²) < 4.78 is 0. The first-order chi connectivity index (χ1) is 7.40. The van der Waals surface area contributed by atoms with E-state index in [2.05, 4.69) is 42.6 Å². The fourth-order valence-electron chi connectivity index (χ4n) is 2.05. The lowest BCUT2D eigenvalue weighted by molar-refractivity contribution is 0.300. The van der Waals surface area contributed by atoms with Crippen LogP contribution < -0.4 is 0 Å². The minimum Gasteiger partial charge on any atom is -0.289 e. The third kappa shape index (κ3) is 2.82. The van der Waals surface area contributed by atoms with Crippen molar-refractivity contribution in [3.63, 3.8) is 0 Å². The van der Waals surface area contributed by atoms with E-state index in [9.17, 15) is 0 Å². The minimum atomic E-state index is 0.988. The van der Waals surface area contributed by atoms with E-state index in [0.717, 1.165) is 13.0 Å². The van der Waals surface area contributed by atoms with Gasteiger partial charge in [-0.25, -0.2) is 0 Å². The third-order valence-electron chi connectivity index (χ3n) is 3.00. The normalized spacial score (nSPS) is 16.3. The molecule has 0 saturated carbocycles. The van der Waals surface area contributed by atoms with Crippen LogP contribution in [0.4, 0.5) is 0 Å². The second-order valence-electron chi connectivity index (χ2n) is 4.23. The van der Waals surface area contributed by atoms with Gasteiger partial charge in [0.1, 0.15) is 0 Å². The van der Waals surface area contributed by atoms with Crippen molar-refractivity contribution in [2.45, 2.75) is 39.2 Å². The molecule has 2 rings (SSSR count). The largest absolute Gasteiger partial charge is 0.289 e. The molecule has 0 unspecified atom stereocenters. The van der Waals surface area contributed by atoms with Gasteiger partial charge in [0.15, 0.2) is 0 Å². The first-order valence-electron chi connectivity index (χ1n) is 5.95. The van der Waals surface area contributed by atoms with Crippen molar-refractivity contribution >= 4 is 0 Å². The van der Waals surface area contributed by atoms with E-state index in [1.165, 1.54) is 36.9 Å². The molecule has 1 aromatic rings. The van der Waals surface area contributed by atoms with Crippen LogP contribution in [0.15, 0.2) is 24.3 Å². The summed E-state index contributed by atoms with van der Waals surface area (Å²) in [6, 6.07) is 8.70. The third-order valence-corrected chi connectivity index (χ3v) is 3.00. The van der Waals surface area contributed by atoms with E-state index in [1.54, 1.807) is 0 Å². The summed E-state index contributed by atoms with van der Waals surface area (Å²) in [5.41, 5.74) is 2.93. The van der Waals surface area contributed by atoms with E-state index in [0.29, 0.717) is 0 Å². The van der Waals surface area contributed by atoms with Gasteiger partial charge in [0.2, 0.25) is 0 Å². The van der Waals surface area contributed by atoms with Gasteiger partial charge in [-0.15, -0.1) is 0 Å². The Balaban J connectivity index is 1.88. The lowest BCUT2D eigenvalue weighted by Gasteiger charge is -2.27. The second kappa shape index (κ2) is 5.32. The highest BCUT2D eigenvalue weighted by atomic mass is 15.1. The first-order valence-corrected chi connectivity index (χ1v) is 5.95. The lowest BCUT2D eigenvalue weighted by atomic mass is 10.00. The van der Waals surface area contributed by atoms with Gasteiger partial charge in [0.05, 0.1) is 6.54 Å². The molecule has 0 aromatic heterocycles. The highest BCUT2D eigenvalue weighted by molar-refractivity contribution is 5.30. The van der Waals surface area contributed by atoms with Gasteiger partial charge in [0.25, 0.3) is 0 Å². The molecule has 0 N–H and O–H groups in total. The number of nitrogens with zero attached hydrogens (tertiary/aromatic N) is 1. The molecular formula is C14H19N.